The zero-order chi connectivity index (χ0) is 30.9. The van der Waals surface area contributed by atoms with Gasteiger partial charge in [-0.2, -0.15) is 5.26 Å². The lowest BCUT2D eigenvalue weighted by molar-refractivity contribution is 0.00507. The third-order valence-corrected chi connectivity index (χ3v) is 10.2. The van der Waals surface area contributed by atoms with Gasteiger partial charge in [0.05, 0.1) is 66.8 Å². The summed E-state index contributed by atoms with van der Waals surface area (Å²) in [4.78, 5) is 7.01. The Balaban J connectivity index is 1.26. The summed E-state index contributed by atoms with van der Waals surface area (Å²) < 4.78 is 39.0. The zero-order valence-corrected chi connectivity index (χ0v) is 26.0. The van der Waals surface area contributed by atoms with Gasteiger partial charge in [0.2, 0.25) is 16.0 Å². The summed E-state index contributed by atoms with van der Waals surface area (Å²) in [5, 5.41) is 18.4. The molecule has 44 heavy (non-hydrogen) atoms. The van der Waals surface area contributed by atoms with Crippen molar-refractivity contribution >= 4 is 32.9 Å². The summed E-state index contributed by atoms with van der Waals surface area (Å²) in [6, 6.07) is 20.1. The molecule has 12 heteroatoms. The molecular weight excluding hydrogens is 578 g/mol. The minimum Gasteiger partial charge on any atom is -0.495 e. The fourth-order valence-electron chi connectivity index (χ4n) is 6.39. The van der Waals surface area contributed by atoms with Gasteiger partial charge in [-0.15, -0.1) is 5.10 Å². The number of hydrogen-bond acceptors (Lipinski definition) is 9. The van der Waals surface area contributed by atoms with Crippen LogP contribution in [0.3, 0.4) is 0 Å². The summed E-state index contributed by atoms with van der Waals surface area (Å²) >= 11 is 0. The van der Waals surface area contributed by atoms with E-state index in [0.717, 1.165) is 74.3 Å². The van der Waals surface area contributed by atoms with Crippen molar-refractivity contribution in [1.29, 1.82) is 5.26 Å². The SMILES string of the molecule is COc1cc([C@]2(C#N)CC[C@H](N3CCOCC3)CC2)ccc1Nc1ncc2ccc(-c3ccccc3N(C)S(C)(=O)=O)n2n1. The third kappa shape index (κ3) is 5.70. The lowest BCUT2D eigenvalue weighted by atomic mass is 9.69. The molecule has 230 valence electrons. The monoisotopic (exact) mass is 615 g/mol. The number of fused-ring (bicyclic) bond motifs is 1. The van der Waals surface area contributed by atoms with Gasteiger partial charge in [-0.05, 0) is 61.6 Å². The molecule has 2 aliphatic rings. The van der Waals surface area contributed by atoms with E-state index >= 15 is 0 Å². The number of hydrogen-bond donors (Lipinski definition) is 1. The summed E-state index contributed by atoms with van der Waals surface area (Å²) in [6.45, 7) is 3.48. The molecule has 1 saturated carbocycles. The molecule has 2 fully saturated rings. The molecule has 6 rings (SSSR count). The Labute approximate surface area is 258 Å². The number of benzene rings is 2. The minimum absolute atomic E-state index is 0.343. The second-order valence-electron chi connectivity index (χ2n) is 11.5. The first-order chi connectivity index (χ1) is 21.2. The molecule has 0 bridgehead atoms. The molecule has 3 heterocycles. The highest BCUT2D eigenvalue weighted by Crippen LogP contribution is 2.43. The number of nitriles is 1. The van der Waals surface area contributed by atoms with Crippen LogP contribution in [-0.2, 0) is 20.2 Å². The normalized spacial score (nSPS) is 21.1. The Morgan fingerprint density at radius 3 is 2.57 bits per heavy atom. The Morgan fingerprint density at radius 1 is 1.11 bits per heavy atom. The van der Waals surface area contributed by atoms with Crippen LogP contribution < -0.4 is 14.4 Å². The number of sulfonamides is 1. The van der Waals surface area contributed by atoms with E-state index in [2.05, 4.69) is 21.3 Å². The van der Waals surface area contributed by atoms with E-state index in [1.165, 1.54) is 17.6 Å². The lowest BCUT2D eigenvalue weighted by Gasteiger charge is -2.41. The van der Waals surface area contributed by atoms with Gasteiger partial charge >= 0.3 is 0 Å². The first-order valence-corrected chi connectivity index (χ1v) is 16.6. The van der Waals surface area contributed by atoms with E-state index in [1.54, 1.807) is 30.0 Å². The van der Waals surface area contributed by atoms with Crippen LogP contribution in [0.2, 0.25) is 0 Å². The fraction of sp³-hybridized carbons (Fsp3) is 0.406. The maximum atomic E-state index is 12.3. The quantitative estimate of drug-likeness (QED) is 0.303. The van der Waals surface area contributed by atoms with E-state index in [-0.39, 0.29) is 0 Å². The molecular formula is C32H37N7O4S. The van der Waals surface area contributed by atoms with Crippen molar-refractivity contribution in [2.45, 2.75) is 37.1 Å². The van der Waals surface area contributed by atoms with E-state index in [9.17, 15) is 13.7 Å². The van der Waals surface area contributed by atoms with Gasteiger partial charge in [0.25, 0.3) is 0 Å². The smallest absolute Gasteiger partial charge is 0.245 e. The number of morpholine rings is 1. The van der Waals surface area contributed by atoms with Crippen LogP contribution in [0, 0.1) is 11.3 Å². The molecule has 0 atom stereocenters. The molecule has 2 aromatic carbocycles. The molecule has 2 aromatic heterocycles. The summed E-state index contributed by atoms with van der Waals surface area (Å²) in [5.41, 5.74) is 3.82. The predicted molar refractivity (Wildman–Crippen MR) is 170 cm³/mol. The maximum absolute atomic E-state index is 12.3. The van der Waals surface area contributed by atoms with E-state index in [4.69, 9.17) is 14.6 Å². The second-order valence-corrected chi connectivity index (χ2v) is 13.5. The molecule has 1 saturated heterocycles. The van der Waals surface area contributed by atoms with Gasteiger partial charge in [-0.25, -0.2) is 17.9 Å². The number of nitrogens with one attached hydrogen (secondary N) is 1. The molecule has 11 nitrogen and oxygen atoms in total. The molecule has 0 amide bonds. The first-order valence-electron chi connectivity index (χ1n) is 14.8. The van der Waals surface area contributed by atoms with Crippen molar-refractivity contribution in [3.63, 3.8) is 0 Å². The molecule has 0 unspecified atom stereocenters. The van der Waals surface area contributed by atoms with E-state index in [0.29, 0.717) is 29.1 Å². The molecule has 0 spiro atoms. The largest absolute Gasteiger partial charge is 0.495 e. The van der Waals surface area contributed by atoms with Crippen LogP contribution in [0.15, 0.2) is 60.8 Å². The highest BCUT2D eigenvalue weighted by atomic mass is 32.2. The van der Waals surface area contributed by atoms with Gasteiger partial charge in [-0.1, -0.05) is 24.3 Å². The van der Waals surface area contributed by atoms with Gasteiger partial charge < -0.3 is 14.8 Å². The average molecular weight is 616 g/mol. The Kier molecular flexibility index (Phi) is 8.20. The van der Waals surface area contributed by atoms with E-state index in [1.807, 2.05) is 42.5 Å². The van der Waals surface area contributed by atoms with Crippen LogP contribution in [-0.4, -0.2) is 80.7 Å². The highest BCUT2D eigenvalue weighted by Gasteiger charge is 2.39. The van der Waals surface area contributed by atoms with Crippen molar-refractivity contribution in [3.05, 3.63) is 66.4 Å². The molecule has 1 aliphatic heterocycles. The number of para-hydroxylation sites is 1. The van der Waals surface area contributed by atoms with Crippen molar-refractivity contribution < 1.29 is 17.9 Å². The van der Waals surface area contributed by atoms with Crippen LogP contribution >= 0.6 is 0 Å². The minimum atomic E-state index is -3.47. The number of aromatic nitrogens is 3. The number of methoxy groups -OCH3 is 1. The van der Waals surface area contributed by atoms with Gasteiger partial charge in [0, 0.05) is 31.7 Å². The summed E-state index contributed by atoms with van der Waals surface area (Å²) in [6.07, 6.45) is 6.44. The number of anilines is 3. The first kappa shape index (κ1) is 29.9. The Bertz CT molecular complexity index is 1800. The molecule has 1 N–H and O–H groups in total. The predicted octanol–water partition coefficient (Wildman–Crippen LogP) is 4.58. The molecule has 1 aliphatic carbocycles. The van der Waals surface area contributed by atoms with Gasteiger partial charge in [0.1, 0.15) is 5.75 Å². The van der Waals surface area contributed by atoms with Gasteiger partial charge in [0.15, 0.2) is 0 Å². The molecule has 0 radical (unpaired) electrons. The molecule has 4 aromatic rings. The van der Waals surface area contributed by atoms with Gasteiger partial charge in [-0.3, -0.25) is 9.21 Å². The number of rotatable bonds is 8. The standard InChI is InChI=1S/C32H37N7O4S/c1-37(44(3,40)41)28-7-5-4-6-26(28)29-11-9-25-21-34-31(36-39(25)29)35-27-10-8-23(20-30(27)42-2)32(22-33)14-12-24(13-15-32)38-16-18-43-19-17-38/h4-11,20-21,24H,12-19H2,1-3H3,(H,35,36)/t24-,32+. The van der Waals surface area contributed by atoms with Crippen LogP contribution in [0.25, 0.3) is 16.8 Å². The number of nitrogens with zero attached hydrogens (tertiary/aromatic N) is 6. The van der Waals surface area contributed by atoms with Crippen LogP contribution in [0.1, 0.15) is 31.2 Å². The summed E-state index contributed by atoms with van der Waals surface area (Å²) in [5.74, 6) is 0.944. The van der Waals surface area contributed by atoms with Crippen molar-refractivity contribution in [2.75, 3.05) is 56.3 Å². The van der Waals surface area contributed by atoms with Crippen molar-refractivity contribution in [1.82, 2.24) is 19.5 Å². The van der Waals surface area contributed by atoms with Crippen LogP contribution in [0.4, 0.5) is 17.3 Å². The Hall–Kier alpha value is -4.18. The Morgan fingerprint density at radius 2 is 1.86 bits per heavy atom. The summed E-state index contributed by atoms with van der Waals surface area (Å²) in [7, 11) is -0.318. The maximum Gasteiger partial charge on any atom is 0.245 e. The average Bonchev–Trinajstić information content (AvgIpc) is 3.47. The second kappa shape index (κ2) is 12.1. The zero-order valence-electron chi connectivity index (χ0n) is 25.2. The van der Waals surface area contributed by atoms with Crippen molar-refractivity contribution in [3.8, 4) is 23.1 Å². The van der Waals surface area contributed by atoms with Crippen LogP contribution in [0.5, 0.6) is 5.75 Å². The fourth-order valence-corrected chi connectivity index (χ4v) is 6.90. The highest BCUT2D eigenvalue weighted by molar-refractivity contribution is 7.92. The lowest BCUT2D eigenvalue weighted by Crippen LogP contribution is -2.47. The van der Waals surface area contributed by atoms with Crippen molar-refractivity contribution in [2.24, 2.45) is 0 Å². The topological polar surface area (TPSA) is 125 Å². The third-order valence-electron chi connectivity index (χ3n) is 9.00. The van der Waals surface area contributed by atoms with E-state index < -0.39 is 15.4 Å². The number of ether oxygens (including phenoxy) is 2.